The zero-order valence-corrected chi connectivity index (χ0v) is 13.4. The molecule has 0 aliphatic heterocycles. The third-order valence-corrected chi connectivity index (χ3v) is 3.79. The van der Waals surface area contributed by atoms with Crippen molar-refractivity contribution in [3.05, 3.63) is 34.9 Å². The number of carbonyl (C=O) groups excluding carboxylic acids is 1. The van der Waals surface area contributed by atoms with Crippen LogP contribution in [0.2, 0.25) is 0 Å². The Kier molecular flexibility index (Phi) is 5.90. The summed E-state index contributed by atoms with van der Waals surface area (Å²) < 4.78 is 11.0. The lowest BCUT2D eigenvalue weighted by Crippen LogP contribution is -2.28. The quantitative estimate of drug-likeness (QED) is 0.713. The summed E-state index contributed by atoms with van der Waals surface area (Å²) in [5, 5.41) is 0. The van der Waals surface area contributed by atoms with Crippen LogP contribution < -0.4 is 0 Å². The highest BCUT2D eigenvalue weighted by atomic mass is 16.5. The van der Waals surface area contributed by atoms with Crippen molar-refractivity contribution < 1.29 is 14.3 Å². The standard InChI is InChI=1S/C17H26O3/c1-12-7-8-15(11-13(12)2)16(18)14(3)20-10-9-17(4,5)19-6/h7-8,11,14H,9-10H2,1-6H3. The second-order valence-electron chi connectivity index (χ2n) is 5.89. The molecule has 0 saturated carbocycles. The van der Waals surface area contributed by atoms with Gasteiger partial charge in [0.25, 0.3) is 0 Å². The first kappa shape index (κ1) is 16.9. The molecule has 0 aliphatic rings. The molecular weight excluding hydrogens is 252 g/mol. The summed E-state index contributed by atoms with van der Waals surface area (Å²) in [6.07, 6.45) is 0.332. The van der Waals surface area contributed by atoms with Gasteiger partial charge in [0, 0.05) is 12.7 Å². The molecule has 0 spiro atoms. The van der Waals surface area contributed by atoms with Gasteiger partial charge >= 0.3 is 0 Å². The van der Waals surface area contributed by atoms with Gasteiger partial charge in [-0.2, -0.15) is 0 Å². The average molecular weight is 278 g/mol. The maximum atomic E-state index is 12.3. The van der Waals surface area contributed by atoms with Crippen LogP contribution in [0.4, 0.5) is 0 Å². The van der Waals surface area contributed by atoms with E-state index in [4.69, 9.17) is 9.47 Å². The second kappa shape index (κ2) is 7.00. The van der Waals surface area contributed by atoms with E-state index in [1.807, 2.05) is 45.9 Å². The largest absolute Gasteiger partial charge is 0.379 e. The number of ketones is 1. The summed E-state index contributed by atoms with van der Waals surface area (Å²) in [6, 6.07) is 5.77. The molecule has 3 heteroatoms. The smallest absolute Gasteiger partial charge is 0.191 e. The maximum Gasteiger partial charge on any atom is 0.191 e. The molecule has 3 nitrogen and oxygen atoms in total. The molecule has 0 N–H and O–H groups in total. The SMILES string of the molecule is COC(C)(C)CCOC(C)C(=O)c1ccc(C)c(C)c1. The van der Waals surface area contributed by atoms with E-state index < -0.39 is 6.10 Å². The Morgan fingerprint density at radius 1 is 1.25 bits per heavy atom. The van der Waals surface area contributed by atoms with Gasteiger partial charge in [-0.3, -0.25) is 4.79 Å². The van der Waals surface area contributed by atoms with Gasteiger partial charge in [0.15, 0.2) is 5.78 Å². The first-order valence-electron chi connectivity index (χ1n) is 7.05. The van der Waals surface area contributed by atoms with Crippen LogP contribution in [0.15, 0.2) is 18.2 Å². The summed E-state index contributed by atoms with van der Waals surface area (Å²) in [5.41, 5.74) is 2.82. The van der Waals surface area contributed by atoms with E-state index in [1.165, 1.54) is 5.56 Å². The molecule has 0 aromatic heterocycles. The Balaban J connectivity index is 2.57. The molecule has 1 unspecified atom stereocenters. The lowest BCUT2D eigenvalue weighted by Gasteiger charge is -2.23. The fourth-order valence-corrected chi connectivity index (χ4v) is 1.79. The van der Waals surface area contributed by atoms with Crippen LogP contribution in [-0.2, 0) is 9.47 Å². The molecule has 112 valence electrons. The number of hydrogen-bond donors (Lipinski definition) is 0. The lowest BCUT2D eigenvalue weighted by molar-refractivity contribution is -0.0197. The van der Waals surface area contributed by atoms with E-state index in [0.29, 0.717) is 12.2 Å². The summed E-state index contributed by atoms with van der Waals surface area (Å²) in [5.74, 6) is 0.0309. The molecule has 1 aromatic rings. The van der Waals surface area contributed by atoms with E-state index in [1.54, 1.807) is 14.0 Å². The van der Waals surface area contributed by atoms with Gasteiger partial charge in [0.1, 0.15) is 6.10 Å². The van der Waals surface area contributed by atoms with Crippen molar-refractivity contribution in [3.63, 3.8) is 0 Å². The van der Waals surface area contributed by atoms with Crippen LogP contribution in [0, 0.1) is 13.8 Å². The van der Waals surface area contributed by atoms with Crippen LogP contribution >= 0.6 is 0 Å². The summed E-state index contributed by atoms with van der Waals surface area (Å²) in [7, 11) is 1.68. The number of methoxy groups -OCH3 is 1. The van der Waals surface area contributed by atoms with Gasteiger partial charge in [0.05, 0.1) is 12.2 Å². The van der Waals surface area contributed by atoms with Crippen molar-refractivity contribution in [2.75, 3.05) is 13.7 Å². The van der Waals surface area contributed by atoms with Crippen molar-refractivity contribution >= 4 is 5.78 Å². The average Bonchev–Trinajstić information content (AvgIpc) is 2.40. The van der Waals surface area contributed by atoms with Gasteiger partial charge in [-0.1, -0.05) is 12.1 Å². The van der Waals surface area contributed by atoms with E-state index in [0.717, 1.165) is 12.0 Å². The highest BCUT2D eigenvalue weighted by molar-refractivity contribution is 5.99. The minimum atomic E-state index is -0.426. The van der Waals surface area contributed by atoms with Crippen molar-refractivity contribution in [2.24, 2.45) is 0 Å². The number of hydrogen-bond acceptors (Lipinski definition) is 3. The topological polar surface area (TPSA) is 35.5 Å². The van der Waals surface area contributed by atoms with E-state index in [9.17, 15) is 4.79 Å². The molecule has 0 amide bonds. The molecule has 1 rings (SSSR count). The molecule has 0 saturated heterocycles. The monoisotopic (exact) mass is 278 g/mol. The Morgan fingerprint density at radius 2 is 1.90 bits per heavy atom. The summed E-state index contributed by atoms with van der Waals surface area (Å²) in [6.45, 7) is 10.4. The first-order valence-corrected chi connectivity index (χ1v) is 7.05. The Hall–Kier alpha value is -1.19. The number of benzene rings is 1. The number of aryl methyl sites for hydroxylation is 2. The van der Waals surface area contributed by atoms with Crippen LogP contribution in [0.5, 0.6) is 0 Å². The van der Waals surface area contributed by atoms with Gasteiger partial charge < -0.3 is 9.47 Å². The van der Waals surface area contributed by atoms with E-state index >= 15 is 0 Å². The molecule has 0 bridgehead atoms. The van der Waals surface area contributed by atoms with Crippen LogP contribution in [0.3, 0.4) is 0 Å². The molecule has 0 aliphatic carbocycles. The second-order valence-corrected chi connectivity index (χ2v) is 5.89. The van der Waals surface area contributed by atoms with Gasteiger partial charge in [-0.25, -0.2) is 0 Å². The summed E-state index contributed by atoms with van der Waals surface area (Å²) in [4.78, 5) is 12.3. The van der Waals surface area contributed by atoms with Gasteiger partial charge in [0.2, 0.25) is 0 Å². The summed E-state index contributed by atoms with van der Waals surface area (Å²) >= 11 is 0. The Morgan fingerprint density at radius 3 is 2.45 bits per heavy atom. The molecular formula is C17H26O3. The minimum absolute atomic E-state index is 0.0309. The van der Waals surface area contributed by atoms with Crippen LogP contribution in [0.25, 0.3) is 0 Å². The van der Waals surface area contributed by atoms with Crippen molar-refractivity contribution in [1.82, 2.24) is 0 Å². The highest BCUT2D eigenvalue weighted by Crippen LogP contribution is 2.15. The fourth-order valence-electron chi connectivity index (χ4n) is 1.79. The minimum Gasteiger partial charge on any atom is -0.379 e. The lowest BCUT2D eigenvalue weighted by atomic mass is 10.0. The molecule has 0 fully saturated rings. The van der Waals surface area contributed by atoms with Crippen molar-refractivity contribution in [2.45, 2.75) is 52.7 Å². The van der Waals surface area contributed by atoms with Gasteiger partial charge in [-0.15, -0.1) is 0 Å². The highest BCUT2D eigenvalue weighted by Gasteiger charge is 2.20. The fraction of sp³-hybridized carbons (Fsp3) is 0.588. The van der Waals surface area contributed by atoms with E-state index in [2.05, 4.69) is 0 Å². The molecule has 1 atom stereocenters. The molecule has 0 heterocycles. The normalized spacial score (nSPS) is 13.3. The Bertz CT molecular complexity index is 463. The zero-order valence-electron chi connectivity index (χ0n) is 13.4. The predicted molar refractivity (Wildman–Crippen MR) is 81.4 cm³/mol. The number of ether oxygens (including phenoxy) is 2. The number of carbonyl (C=O) groups is 1. The van der Waals surface area contributed by atoms with Crippen LogP contribution in [0.1, 0.15) is 48.7 Å². The van der Waals surface area contributed by atoms with Crippen LogP contribution in [-0.4, -0.2) is 31.2 Å². The zero-order chi connectivity index (χ0) is 15.3. The third-order valence-electron chi connectivity index (χ3n) is 3.79. The van der Waals surface area contributed by atoms with E-state index in [-0.39, 0.29) is 11.4 Å². The van der Waals surface area contributed by atoms with Crippen molar-refractivity contribution in [1.29, 1.82) is 0 Å². The first-order chi connectivity index (χ1) is 9.26. The predicted octanol–water partition coefficient (Wildman–Crippen LogP) is 3.71. The number of rotatable bonds is 7. The van der Waals surface area contributed by atoms with Crippen molar-refractivity contribution in [3.8, 4) is 0 Å². The molecule has 1 aromatic carbocycles. The Labute approximate surface area is 122 Å². The third kappa shape index (κ3) is 4.73. The molecule has 0 radical (unpaired) electrons. The maximum absolute atomic E-state index is 12.3. The molecule has 20 heavy (non-hydrogen) atoms. The van der Waals surface area contributed by atoms with Gasteiger partial charge in [-0.05, 0) is 58.2 Å². The number of Topliss-reactive ketones (excluding diaryl/α,β-unsaturated/α-hetero) is 1.